The lowest BCUT2D eigenvalue weighted by atomic mass is 9.97. The second-order valence-electron chi connectivity index (χ2n) is 9.47. The van der Waals surface area contributed by atoms with Gasteiger partial charge in [-0.25, -0.2) is 37.3 Å². The van der Waals surface area contributed by atoms with E-state index >= 15 is 0 Å². The molecule has 0 amide bonds. The van der Waals surface area contributed by atoms with Crippen LogP contribution in [0.4, 0.5) is 32.2 Å². The highest BCUT2D eigenvalue weighted by Crippen LogP contribution is 2.44. The second-order valence-corrected chi connectivity index (χ2v) is 10.5. The van der Waals surface area contributed by atoms with Gasteiger partial charge >= 0.3 is 6.18 Å². The zero-order chi connectivity index (χ0) is 27.9. The Hall–Kier alpha value is -4.27. The van der Waals surface area contributed by atoms with Crippen LogP contribution in [0.5, 0.6) is 0 Å². The van der Waals surface area contributed by atoms with E-state index in [-0.39, 0.29) is 29.5 Å². The van der Waals surface area contributed by atoms with Crippen LogP contribution in [0.3, 0.4) is 0 Å². The summed E-state index contributed by atoms with van der Waals surface area (Å²) in [5.74, 6) is -0.311. The predicted octanol–water partition coefficient (Wildman–Crippen LogP) is 6.80. The van der Waals surface area contributed by atoms with Crippen LogP contribution in [0, 0.1) is 12.7 Å². The lowest BCUT2D eigenvalue weighted by Gasteiger charge is -2.33. The van der Waals surface area contributed by atoms with Crippen molar-refractivity contribution >= 4 is 43.2 Å². The molecule has 6 aromatic rings. The van der Waals surface area contributed by atoms with Gasteiger partial charge in [-0.2, -0.15) is 18.3 Å². The molecule has 7 rings (SSSR count). The Bertz CT molecular complexity index is 1920. The number of fused-ring (bicyclic) bond motifs is 6. The minimum atomic E-state index is -4.60. The number of thiophene rings is 1. The summed E-state index contributed by atoms with van der Waals surface area (Å²) in [6.07, 6.45) is -6.27. The van der Waals surface area contributed by atoms with Crippen molar-refractivity contribution in [3.8, 4) is 11.5 Å². The number of nitrogens with zero attached hydrogens (tertiary/aromatic N) is 7. The normalized spacial score (nSPS) is 17.7. The Kier molecular flexibility index (Phi) is 5.33. The lowest BCUT2D eigenvalue weighted by Crippen LogP contribution is -2.35. The molecule has 8 nitrogen and oxygen atoms in total. The molecule has 1 aliphatic heterocycles. The largest absolute Gasteiger partial charge is 0.410 e. The van der Waals surface area contributed by atoms with Crippen molar-refractivity contribution in [2.24, 2.45) is 0 Å². The van der Waals surface area contributed by atoms with Gasteiger partial charge < -0.3 is 5.32 Å². The van der Waals surface area contributed by atoms with Crippen LogP contribution in [0.25, 0.3) is 37.6 Å². The number of halogens is 6. The Morgan fingerprint density at radius 1 is 1.07 bits per heavy atom. The highest BCUT2D eigenvalue weighted by atomic mass is 32.1. The van der Waals surface area contributed by atoms with Crippen molar-refractivity contribution in [3.05, 3.63) is 65.4 Å². The molecule has 0 saturated heterocycles. The number of alkyl halides is 5. The monoisotopic (exact) mass is 574 g/mol. The topological polar surface area (TPSA) is 85.8 Å². The van der Waals surface area contributed by atoms with Crippen LogP contribution in [-0.4, -0.2) is 40.5 Å². The number of pyridine rings is 1. The average Bonchev–Trinajstić information content (AvgIpc) is 3.61. The fraction of sp³-hybridized carbons (Fsp3) is 0.240. The third-order valence-corrected chi connectivity index (χ3v) is 7.97. The number of hydrogen-bond donors (Lipinski definition) is 1. The number of rotatable bonds is 3. The van der Waals surface area contributed by atoms with Crippen molar-refractivity contribution < 1.29 is 26.3 Å². The number of aromatic nitrogens is 7. The first kappa shape index (κ1) is 24.7. The van der Waals surface area contributed by atoms with Gasteiger partial charge in [0.15, 0.2) is 11.7 Å². The third-order valence-electron chi connectivity index (χ3n) is 6.90. The summed E-state index contributed by atoms with van der Waals surface area (Å²) in [4.78, 5) is 13.4. The molecule has 0 fully saturated rings. The third kappa shape index (κ3) is 3.86. The molecule has 6 heterocycles. The Morgan fingerprint density at radius 3 is 2.58 bits per heavy atom. The first-order valence-electron chi connectivity index (χ1n) is 12.0. The predicted molar refractivity (Wildman–Crippen MR) is 135 cm³/mol. The summed E-state index contributed by atoms with van der Waals surface area (Å²) in [6.45, 7) is 1.70. The summed E-state index contributed by atoms with van der Waals surface area (Å²) < 4.78 is 85.1. The number of aryl methyl sites for hydroxylation is 1. The van der Waals surface area contributed by atoms with Gasteiger partial charge in [-0.3, -0.25) is 0 Å². The molecule has 40 heavy (non-hydrogen) atoms. The first-order valence-corrected chi connectivity index (χ1v) is 12.8. The minimum absolute atomic E-state index is 0.0627. The SMILES string of the molecule is Cc1cc(C(F)F)nc2sc3c(ncn4nc(-c5cc6n(n5)[C@H](C(F)(F)F)C[C@@H](c5ccc(F)cc5)N6)nc34)c12. The molecular weight excluding hydrogens is 558 g/mol. The molecule has 1 aliphatic rings. The molecule has 2 atom stereocenters. The van der Waals surface area contributed by atoms with Crippen molar-refractivity contribution in [1.29, 1.82) is 0 Å². The van der Waals surface area contributed by atoms with Crippen molar-refractivity contribution in [2.75, 3.05) is 5.32 Å². The van der Waals surface area contributed by atoms with Crippen molar-refractivity contribution in [3.63, 3.8) is 0 Å². The van der Waals surface area contributed by atoms with Crippen molar-refractivity contribution in [2.45, 2.75) is 38.0 Å². The fourth-order valence-electron chi connectivity index (χ4n) is 5.05. The molecule has 1 aromatic carbocycles. The van der Waals surface area contributed by atoms with Crippen LogP contribution >= 0.6 is 11.3 Å². The summed E-state index contributed by atoms with van der Waals surface area (Å²) in [6, 6.07) is 5.38. The molecular formula is C25H16F6N8S. The highest BCUT2D eigenvalue weighted by Gasteiger charge is 2.46. The van der Waals surface area contributed by atoms with E-state index in [1.165, 1.54) is 47.2 Å². The van der Waals surface area contributed by atoms with E-state index < -0.39 is 30.5 Å². The molecule has 0 radical (unpaired) electrons. The summed E-state index contributed by atoms with van der Waals surface area (Å²) in [5, 5.41) is 12.3. The Balaban J connectivity index is 1.33. The van der Waals surface area contributed by atoms with E-state index in [4.69, 9.17) is 0 Å². The van der Waals surface area contributed by atoms with E-state index in [0.29, 0.717) is 37.2 Å². The first-order chi connectivity index (χ1) is 19.1. The number of hydrogen-bond acceptors (Lipinski definition) is 7. The fourth-order valence-corrected chi connectivity index (χ4v) is 6.24. The molecule has 5 aromatic heterocycles. The van der Waals surface area contributed by atoms with Gasteiger partial charge in [-0.1, -0.05) is 12.1 Å². The summed E-state index contributed by atoms with van der Waals surface area (Å²) in [5.41, 5.74) is 1.71. The zero-order valence-corrected chi connectivity index (χ0v) is 21.1. The van der Waals surface area contributed by atoms with E-state index in [9.17, 15) is 26.3 Å². The van der Waals surface area contributed by atoms with E-state index in [1.807, 2.05) is 0 Å². The Labute approximate surface area is 224 Å². The molecule has 0 aliphatic carbocycles. The molecule has 0 saturated carbocycles. The van der Waals surface area contributed by atoms with Crippen LogP contribution < -0.4 is 5.32 Å². The molecule has 0 spiro atoms. The summed E-state index contributed by atoms with van der Waals surface area (Å²) in [7, 11) is 0. The lowest BCUT2D eigenvalue weighted by molar-refractivity contribution is -0.173. The van der Waals surface area contributed by atoms with Crippen LogP contribution in [0.1, 0.15) is 41.8 Å². The van der Waals surface area contributed by atoms with Crippen LogP contribution in [-0.2, 0) is 0 Å². The Morgan fingerprint density at radius 2 is 1.85 bits per heavy atom. The van der Waals surface area contributed by atoms with Gasteiger partial charge in [0.1, 0.15) is 38.9 Å². The standard InChI is InChI=1S/C25H16F6N8S/c1-10-6-14(21(27)28)34-24-18(10)19-20(40-24)23-35-22(37-38(23)9-32-19)15-8-17-33-13(11-2-4-12(26)5-3-11)7-16(25(29,30)31)39(17)36-15/h2-6,8-9,13,16,21,33H,7H2,1H3/t13-,16-/m0/s1. The van der Waals surface area contributed by atoms with Gasteiger partial charge in [-0.05, 0) is 36.2 Å². The maximum atomic E-state index is 14.1. The van der Waals surface area contributed by atoms with Crippen LogP contribution in [0.15, 0.2) is 42.7 Å². The maximum Gasteiger partial charge on any atom is 0.410 e. The number of nitrogens with one attached hydrogen (secondary N) is 1. The second kappa shape index (κ2) is 8.61. The minimum Gasteiger partial charge on any atom is -0.363 e. The number of anilines is 1. The molecule has 15 heteroatoms. The maximum absolute atomic E-state index is 14.1. The van der Waals surface area contributed by atoms with Gasteiger partial charge in [0.05, 0.1) is 11.6 Å². The number of benzene rings is 1. The van der Waals surface area contributed by atoms with Crippen molar-refractivity contribution in [1.82, 2.24) is 34.3 Å². The quantitative estimate of drug-likeness (QED) is 0.234. The molecule has 1 N–H and O–H groups in total. The highest BCUT2D eigenvalue weighted by molar-refractivity contribution is 7.26. The molecule has 0 unspecified atom stereocenters. The van der Waals surface area contributed by atoms with E-state index in [1.54, 1.807) is 6.92 Å². The van der Waals surface area contributed by atoms with Gasteiger partial charge in [0, 0.05) is 17.9 Å². The van der Waals surface area contributed by atoms with Gasteiger partial charge in [-0.15, -0.1) is 16.4 Å². The smallest absolute Gasteiger partial charge is 0.363 e. The zero-order valence-electron chi connectivity index (χ0n) is 20.3. The van der Waals surface area contributed by atoms with E-state index in [2.05, 4.69) is 30.5 Å². The van der Waals surface area contributed by atoms with Crippen LogP contribution in [0.2, 0.25) is 0 Å². The summed E-state index contributed by atoms with van der Waals surface area (Å²) >= 11 is 1.13. The van der Waals surface area contributed by atoms with Gasteiger partial charge in [0.2, 0.25) is 5.82 Å². The molecule has 204 valence electrons. The van der Waals surface area contributed by atoms with Gasteiger partial charge in [0.25, 0.3) is 6.43 Å². The average molecular weight is 575 g/mol. The van der Waals surface area contributed by atoms with E-state index in [0.717, 1.165) is 16.0 Å². The molecule has 0 bridgehead atoms.